The summed E-state index contributed by atoms with van der Waals surface area (Å²) in [5.74, 6) is -2.01. The zero-order chi connectivity index (χ0) is 20.5. The summed E-state index contributed by atoms with van der Waals surface area (Å²) in [6, 6.07) is 0. The summed E-state index contributed by atoms with van der Waals surface area (Å²) >= 11 is 0. The van der Waals surface area contributed by atoms with Gasteiger partial charge in [0.2, 0.25) is 5.91 Å². The highest BCUT2D eigenvalue weighted by Crippen LogP contribution is 2.12. The van der Waals surface area contributed by atoms with Crippen molar-refractivity contribution in [2.24, 2.45) is 0 Å². The smallest absolute Gasteiger partial charge is 0.303 e. The molecule has 0 saturated carbocycles. The van der Waals surface area contributed by atoms with Crippen LogP contribution in [0.3, 0.4) is 0 Å². The standard InChI is InChI=1S/C19H36N2O6/c1-2-3-4-5-8-17(23)20-11-14-21(15-16-22,12-6-9-18(24)25)13-7-10-19(26)27/h22H,2-16H2,1H3,(H2-,20,23,24,25,26,27). The quantitative estimate of drug-likeness (QED) is 0.229. The fourth-order valence-corrected chi connectivity index (χ4v) is 3.24. The molecule has 0 spiro atoms. The molecule has 1 atom stereocenters. The van der Waals surface area contributed by atoms with Crippen LogP contribution in [0.4, 0.5) is 0 Å². The maximum absolute atomic E-state index is 11.9. The predicted octanol–water partition coefficient (Wildman–Crippen LogP) is 0.277. The number of carbonyl (C=O) groups excluding carboxylic acids is 2. The molecule has 0 aromatic rings. The van der Waals surface area contributed by atoms with Crippen molar-refractivity contribution in [3.05, 3.63) is 0 Å². The molecule has 158 valence electrons. The maximum atomic E-state index is 11.9. The first-order valence-corrected chi connectivity index (χ1v) is 9.99. The van der Waals surface area contributed by atoms with Crippen molar-refractivity contribution in [2.75, 3.05) is 39.3 Å². The van der Waals surface area contributed by atoms with E-state index in [1.165, 1.54) is 0 Å². The lowest BCUT2D eigenvalue weighted by atomic mass is 10.1. The zero-order valence-corrected chi connectivity index (χ0v) is 16.6. The molecule has 1 amide bonds. The Hall–Kier alpha value is -1.67. The lowest BCUT2D eigenvalue weighted by molar-refractivity contribution is -0.927. The third-order valence-corrected chi connectivity index (χ3v) is 4.78. The Balaban J connectivity index is 4.60. The molecular formula is C19H36N2O6. The van der Waals surface area contributed by atoms with E-state index in [4.69, 9.17) is 5.11 Å². The summed E-state index contributed by atoms with van der Waals surface area (Å²) in [6.45, 7) is 4.41. The highest BCUT2D eigenvalue weighted by Gasteiger charge is 2.26. The molecule has 8 heteroatoms. The Kier molecular flexibility index (Phi) is 14.4. The van der Waals surface area contributed by atoms with Crippen LogP contribution in [0, 0.1) is 0 Å². The molecule has 0 radical (unpaired) electrons. The third kappa shape index (κ3) is 14.1. The minimum absolute atomic E-state index is 0.00604. The van der Waals surface area contributed by atoms with Crippen molar-refractivity contribution in [3.63, 3.8) is 0 Å². The van der Waals surface area contributed by atoms with Crippen LogP contribution >= 0.6 is 0 Å². The largest absolute Gasteiger partial charge is 0.550 e. The van der Waals surface area contributed by atoms with Gasteiger partial charge in [0.05, 0.1) is 39.2 Å². The van der Waals surface area contributed by atoms with E-state index in [2.05, 4.69) is 12.2 Å². The Bertz CT molecular complexity index is 422. The Labute approximate surface area is 162 Å². The number of carbonyl (C=O) groups is 3. The van der Waals surface area contributed by atoms with Gasteiger partial charge in [0.25, 0.3) is 0 Å². The number of nitrogens with one attached hydrogen (secondary N) is 1. The molecule has 0 aliphatic rings. The molecule has 3 N–H and O–H groups in total. The summed E-state index contributed by atoms with van der Waals surface area (Å²) in [5, 5.41) is 31.9. The van der Waals surface area contributed by atoms with Crippen LogP contribution in [-0.2, 0) is 14.4 Å². The topological polar surface area (TPSA) is 127 Å². The molecule has 0 bridgehead atoms. The zero-order valence-electron chi connectivity index (χ0n) is 16.6. The molecule has 0 aromatic heterocycles. The number of carboxylic acids is 2. The number of aliphatic hydroxyl groups excluding tert-OH is 1. The number of unbranched alkanes of at least 4 members (excludes halogenated alkanes) is 3. The third-order valence-electron chi connectivity index (χ3n) is 4.78. The van der Waals surface area contributed by atoms with Gasteiger partial charge < -0.3 is 29.9 Å². The summed E-state index contributed by atoms with van der Waals surface area (Å²) in [5.41, 5.74) is 0. The van der Waals surface area contributed by atoms with Crippen LogP contribution in [0.1, 0.15) is 64.7 Å². The van der Waals surface area contributed by atoms with Crippen molar-refractivity contribution >= 4 is 17.8 Å². The van der Waals surface area contributed by atoms with Gasteiger partial charge in [0, 0.05) is 25.2 Å². The molecule has 0 aliphatic heterocycles. The molecule has 0 heterocycles. The summed E-state index contributed by atoms with van der Waals surface area (Å²) in [4.78, 5) is 33.4. The van der Waals surface area contributed by atoms with E-state index >= 15 is 0 Å². The number of rotatable bonds is 18. The van der Waals surface area contributed by atoms with E-state index < -0.39 is 11.9 Å². The van der Waals surface area contributed by atoms with Crippen LogP contribution in [0.2, 0.25) is 0 Å². The van der Waals surface area contributed by atoms with E-state index in [1.54, 1.807) is 0 Å². The average Bonchev–Trinajstić information content (AvgIpc) is 2.58. The maximum Gasteiger partial charge on any atom is 0.303 e. The minimum Gasteiger partial charge on any atom is -0.550 e. The SMILES string of the molecule is CCCCCCC(=O)NCC[N+](CCO)(CCCC(=O)[O-])CCCC(=O)O. The van der Waals surface area contributed by atoms with Crippen LogP contribution in [0.5, 0.6) is 0 Å². The fourth-order valence-electron chi connectivity index (χ4n) is 3.24. The van der Waals surface area contributed by atoms with Gasteiger partial charge in [0.15, 0.2) is 0 Å². The molecule has 8 nitrogen and oxygen atoms in total. The van der Waals surface area contributed by atoms with Gasteiger partial charge in [0.1, 0.15) is 6.54 Å². The second-order valence-corrected chi connectivity index (χ2v) is 7.09. The number of amides is 1. The first-order chi connectivity index (χ1) is 12.8. The molecular weight excluding hydrogens is 352 g/mol. The number of quaternary nitrogens is 1. The van der Waals surface area contributed by atoms with E-state index in [-0.39, 0.29) is 25.4 Å². The number of nitrogens with zero attached hydrogens (tertiary/aromatic N) is 1. The molecule has 1 unspecified atom stereocenters. The number of hydrogen-bond acceptors (Lipinski definition) is 5. The minimum atomic E-state index is -1.12. The lowest BCUT2D eigenvalue weighted by Gasteiger charge is -2.38. The number of hydrogen-bond donors (Lipinski definition) is 3. The van der Waals surface area contributed by atoms with E-state index in [9.17, 15) is 24.6 Å². The Morgan fingerprint density at radius 2 is 1.56 bits per heavy atom. The van der Waals surface area contributed by atoms with Gasteiger partial charge in [-0.1, -0.05) is 26.2 Å². The van der Waals surface area contributed by atoms with Crippen LogP contribution < -0.4 is 10.4 Å². The molecule has 0 aliphatic carbocycles. The van der Waals surface area contributed by atoms with Crippen LogP contribution in [0.25, 0.3) is 0 Å². The van der Waals surface area contributed by atoms with Crippen LogP contribution in [-0.4, -0.2) is 71.9 Å². The van der Waals surface area contributed by atoms with Gasteiger partial charge in [-0.05, 0) is 12.8 Å². The van der Waals surface area contributed by atoms with Gasteiger partial charge in [-0.2, -0.15) is 0 Å². The second kappa shape index (κ2) is 15.4. The number of carboxylic acid groups (broad SMARTS) is 2. The second-order valence-electron chi connectivity index (χ2n) is 7.09. The fraction of sp³-hybridized carbons (Fsp3) is 0.842. The molecule has 27 heavy (non-hydrogen) atoms. The Morgan fingerprint density at radius 1 is 0.889 bits per heavy atom. The van der Waals surface area contributed by atoms with Gasteiger partial charge >= 0.3 is 5.97 Å². The van der Waals surface area contributed by atoms with Crippen LogP contribution in [0.15, 0.2) is 0 Å². The Morgan fingerprint density at radius 3 is 2.11 bits per heavy atom. The number of aliphatic hydroxyl groups is 1. The van der Waals surface area contributed by atoms with E-state index in [0.717, 1.165) is 25.7 Å². The molecule has 0 saturated heterocycles. The van der Waals surface area contributed by atoms with Crippen molar-refractivity contribution in [2.45, 2.75) is 64.7 Å². The first kappa shape index (κ1) is 25.3. The van der Waals surface area contributed by atoms with E-state index in [1.807, 2.05) is 0 Å². The molecule has 0 fully saturated rings. The van der Waals surface area contributed by atoms with Gasteiger partial charge in [-0.15, -0.1) is 0 Å². The van der Waals surface area contributed by atoms with Crippen molar-refractivity contribution in [1.82, 2.24) is 5.32 Å². The monoisotopic (exact) mass is 388 g/mol. The van der Waals surface area contributed by atoms with E-state index in [0.29, 0.717) is 56.5 Å². The lowest BCUT2D eigenvalue weighted by Crippen LogP contribution is -2.54. The molecule has 0 aromatic carbocycles. The van der Waals surface area contributed by atoms with Crippen molar-refractivity contribution in [3.8, 4) is 0 Å². The average molecular weight is 389 g/mol. The first-order valence-electron chi connectivity index (χ1n) is 9.99. The van der Waals surface area contributed by atoms with Crippen molar-refractivity contribution < 1.29 is 34.2 Å². The summed E-state index contributed by atoms with van der Waals surface area (Å²) in [7, 11) is 0. The van der Waals surface area contributed by atoms with Gasteiger partial charge in [-0.25, -0.2) is 0 Å². The normalized spacial score (nSPS) is 13.1. The predicted molar refractivity (Wildman–Crippen MR) is 99.7 cm³/mol. The number of aliphatic carboxylic acids is 2. The highest BCUT2D eigenvalue weighted by molar-refractivity contribution is 5.75. The van der Waals surface area contributed by atoms with Gasteiger partial charge in [-0.3, -0.25) is 9.59 Å². The highest BCUT2D eigenvalue weighted by atomic mass is 16.4. The molecule has 0 rings (SSSR count). The van der Waals surface area contributed by atoms with Crippen molar-refractivity contribution in [1.29, 1.82) is 0 Å². The summed E-state index contributed by atoms with van der Waals surface area (Å²) in [6.07, 6.45) is 5.39. The summed E-state index contributed by atoms with van der Waals surface area (Å²) < 4.78 is 0.396.